The summed E-state index contributed by atoms with van der Waals surface area (Å²) in [5.41, 5.74) is 0.566. The van der Waals surface area contributed by atoms with Gasteiger partial charge in [-0.1, -0.05) is 5.16 Å². The van der Waals surface area contributed by atoms with E-state index in [4.69, 9.17) is 9.26 Å². The van der Waals surface area contributed by atoms with Gasteiger partial charge in [0.15, 0.2) is 5.82 Å². The van der Waals surface area contributed by atoms with Crippen LogP contribution in [0, 0.1) is 6.92 Å². The van der Waals surface area contributed by atoms with Crippen molar-refractivity contribution in [2.75, 3.05) is 19.7 Å². The number of rotatable bonds is 4. The fourth-order valence-corrected chi connectivity index (χ4v) is 2.76. The van der Waals surface area contributed by atoms with Crippen LogP contribution in [0.3, 0.4) is 0 Å². The Labute approximate surface area is 134 Å². The van der Waals surface area contributed by atoms with Crippen LogP contribution < -0.4 is 4.74 Å². The van der Waals surface area contributed by atoms with Crippen molar-refractivity contribution in [1.82, 2.24) is 20.0 Å². The van der Waals surface area contributed by atoms with E-state index in [0.29, 0.717) is 36.3 Å². The van der Waals surface area contributed by atoms with Crippen LogP contribution >= 0.6 is 0 Å². The number of ether oxygens (including phenoxy) is 1. The van der Waals surface area contributed by atoms with Crippen molar-refractivity contribution in [3.05, 3.63) is 35.6 Å². The molecule has 23 heavy (non-hydrogen) atoms. The average Bonchev–Trinajstić information content (AvgIpc) is 3.02. The molecular formula is C16H20N4O3. The van der Waals surface area contributed by atoms with Gasteiger partial charge in [0.2, 0.25) is 11.8 Å². The van der Waals surface area contributed by atoms with Crippen molar-refractivity contribution < 1.29 is 14.1 Å². The Morgan fingerprint density at radius 2 is 2.35 bits per heavy atom. The predicted octanol–water partition coefficient (Wildman–Crippen LogP) is 2.19. The highest BCUT2D eigenvalue weighted by Crippen LogP contribution is 2.26. The van der Waals surface area contributed by atoms with Crippen LogP contribution in [0.2, 0.25) is 0 Å². The Bertz CT molecular complexity index is 668. The van der Waals surface area contributed by atoms with Gasteiger partial charge < -0.3 is 14.2 Å². The highest BCUT2D eigenvalue weighted by atomic mass is 16.5. The van der Waals surface area contributed by atoms with E-state index >= 15 is 0 Å². The normalized spacial score (nSPS) is 18.0. The lowest BCUT2D eigenvalue weighted by molar-refractivity contribution is 0.0695. The molecule has 0 unspecified atom stereocenters. The maximum atomic E-state index is 12.6. The molecule has 1 aliphatic rings. The summed E-state index contributed by atoms with van der Waals surface area (Å²) in [4.78, 5) is 22.9. The number of likely N-dealkylation sites (tertiary alicyclic amines) is 1. The van der Waals surface area contributed by atoms with Gasteiger partial charge in [0.1, 0.15) is 0 Å². The molecular weight excluding hydrogens is 296 g/mol. The zero-order valence-electron chi connectivity index (χ0n) is 13.4. The molecule has 0 radical (unpaired) electrons. The summed E-state index contributed by atoms with van der Waals surface area (Å²) in [6, 6.07) is 3.47. The molecule has 0 N–H and O–H groups in total. The number of hydrogen-bond donors (Lipinski definition) is 0. The van der Waals surface area contributed by atoms with Gasteiger partial charge >= 0.3 is 0 Å². The number of nitrogens with zero attached hydrogens (tertiary/aromatic N) is 4. The summed E-state index contributed by atoms with van der Waals surface area (Å²) in [5, 5.41) is 3.83. The van der Waals surface area contributed by atoms with E-state index in [9.17, 15) is 4.79 Å². The predicted molar refractivity (Wildman–Crippen MR) is 82.3 cm³/mol. The van der Waals surface area contributed by atoms with E-state index < -0.39 is 0 Å². The topological polar surface area (TPSA) is 81.4 Å². The van der Waals surface area contributed by atoms with E-state index in [1.807, 2.05) is 11.8 Å². The van der Waals surface area contributed by atoms with Crippen molar-refractivity contribution in [3.63, 3.8) is 0 Å². The lowest BCUT2D eigenvalue weighted by Crippen LogP contribution is -2.39. The van der Waals surface area contributed by atoms with E-state index in [-0.39, 0.29) is 11.8 Å². The van der Waals surface area contributed by atoms with Crippen LogP contribution in [0.1, 0.15) is 47.8 Å². The monoisotopic (exact) mass is 316 g/mol. The second-order valence-electron chi connectivity index (χ2n) is 5.59. The van der Waals surface area contributed by atoms with Crippen molar-refractivity contribution >= 4 is 5.91 Å². The van der Waals surface area contributed by atoms with Gasteiger partial charge in [-0.2, -0.15) is 4.98 Å². The lowest BCUT2D eigenvalue weighted by Gasteiger charge is -2.31. The first kappa shape index (κ1) is 15.5. The molecule has 1 aliphatic heterocycles. The first-order valence-electron chi connectivity index (χ1n) is 7.85. The Morgan fingerprint density at radius 1 is 1.48 bits per heavy atom. The smallest absolute Gasteiger partial charge is 0.255 e. The highest BCUT2D eigenvalue weighted by molar-refractivity contribution is 5.94. The molecule has 0 aliphatic carbocycles. The molecule has 3 rings (SSSR count). The molecule has 0 aromatic carbocycles. The fourth-order valence-electron chi connectivity index (χ4n) is 2.76. The summed E-state index contributed by atoms with van der Waals surface area (Å²) >= 11 is 0. The Kier molecular flexibility index (Phi) is 4.55. The van der Waals surface area contributed by atoms with Crippen LogP contribution in [0.25, 0.3) is 0 Å². The number of aryl methyl sites for hydroxylation is 1. The van der Waals surface area contributed by atoms with Gasteiger partial charge in [0.05, 0.1) is 18.1 Å². The van der Waals surface area contributed by atoms with E-state index in [2.05, 4.69) is 15.1 Å². The largest absolute Gasteiger partial charge is 0.478 e. The van der Waals surface area contributed by atoms with Crippen molar-refractivity contribution in [3.8, 4) is 5.88 Å². The van der Waals surface area contributed by atoms with E-state index in [1.165, 1.54) is 0 Å². The molecule has 0 saturated carbocycles. The van der Waals surface area contributed by atoms with Gasteiger partial charge in [-0.3, -0.25) is 4.79 Å². The standard InChI is InChI=1S/C16H20N4O3/c1-3-22-14-7-6-12(9-17-14)16(21)20-8-4-5-13(10-20)15-18-11(2)19-23-15/h6-7,9,13H,3-5,8,10H2,1-2H3/t13-/m1/s1. The molecule has 1 atom stereocenters. The summed E-state index contributed by atoms with van der Waals surface area (Å²) in [5.74, 6) is 1.84. The average molecular weight is 316 g/mol. The number of pyridine rings is 1. The quantitative estimate of drug-likeness (QED) is 0.860. The molecule has 0 spiro atoms. The Balaban J connectivity index is 1.69. The molecule has 1 amide bonds. The molecule has 1 saturated heterocycles. The molecule has 7 nitrogen and oxygen atoms in total. The molecule has 122 valence electrons. The molecule has 0 bridgehead atoms. The van der Waals surface area contributed by atoms with Gasteiger partial charge in [-0.25, -0.2) is 4.98 Å². The Morgan fingerprint density at radius 3 is 3.00 bits per heavy atom. The minimum atomic E-state index is -0.0264. The minimum absolute atomic E-state index is 0.0264. The lowest BCUT2D eigenvalue weighted by atomic mass is 9.97. The number of amides is 1. The maximum absolute atomic E-state index is 12.6. The van der Waals surface area contributed by atoms with Crippen molar-refractivity contribution in [2.45, 2.75) is 32.6 Å². The highest BCUT2D eigenvalue weighted by Gasteiger charge is 2.28. The number of piperidine rings is 1. The molecule has 3 heterocycles. The van der Waals surface area contributed by atoms with Gasteiger partial charge in [-0.05, 0) is 32.8 Å². The third-order valence-electron chi connectivity index (χ3n) is 3.88. The first-order chi connectivity index (χ1) is 11.2. The summed E-state index contributed by atoms with van der Waals surface area (Å²) in [7, 11) is 0. The van der Waals surface area contributed by atoms with Gasteiger partial charge in [0.25, 0.3) is 5.91 Å². The number of carbonyl (C=O) groups is 1. The van der Waals surface area contributed by atoms with Crippen molar-refractivity contribution in [1.29, 1.82) is 0 Å². The number of aromatic nitrogens is 3. The van der Waals surface area contributed by atoms with Crippen LogP contribution in [0.5, 0.6) is 5.88 Å². The number of hydrogen-bond acceptors (Lipinski definition) is 6. The minimum Gasteiger partial charge on any atom is -0.478 e. The van der Waals surface area contributed by atoms with E-state index in [1.54, 1.807) is 25.3 Å². The second kappa shape index (κ2) is 6.76. The third kappa shape index (κ3) is 3.49. The summed E-state index contributed by atoms with van der Waals surface area (Å²) < 4.78 is 10.6. The third-order valence-corrected chi connectivity index (χ3v) is 3.88. The zero-order valence-corrected chi connectivity index (χ0v) is 13.4. The van der Waals surface area contributed by atoms with Crippen LogP contribution in [-0.2, 0) is 0 Å². The second-order valence-corrected chi connectivity index (χ2v) is 5.59. The molecule has 2 aromatic heterocycles. The summed E-state index contributed by atoms with van der Waals surface area (Å²) in [6.45, 7) is 5.57. The maximum Gasteiger partial charge on any atom is 0.255 e. The molecule has 2 aromatic rings. The zero-order chi connectivity index (χ0) is 16.2. The Hall–Kier alpha value is -2.44. The summed E-state index contributed by atoms with van der Waals surface area (Å²) in [6.07, 6.45) is 3.43. The van der Waals surface area contributed by atoms with Crippen LogP contribution in [0.4, 0.5) is 0 Å². The van der Waals surface area contributed by atoms with Gasteiger partial charge in [0, 0.05) is 25.4 Å². The first-order valence-corrected chi connectivity index (χ1v) is 7.85. The fraction of sp³-hybridized carbons (Fsp3) is 0.500. The SMILES string of the molecule is CCOc1ccc(C(=O)N2CCC[C@@H](c3nc(C)no3)C2)cn1. The number of carbonyl (C=O) groups excluding carboxylic acids is 1. The van der Waals surface area contributed by atoms with Crippen molar-refractivity contribution in [2.24, 2.45) is 0 Å². The van der Waals surface area contributed by atoms with E-state index in [0.717, 1.165) is 19.4 Å². The van der Waals surface area contributed by atoms with Crippen LogP contribution in [-0.4, -0.2) is 45.6 Å². The van der Waals surface area contributed by atoms with Gasteiger partial charge in [-0.15, -0.1) is 0 Å². The molecule has 1 fully saturated rings. The molecule has 7 heteroatoms. The van der Waals surface area contributed by atoms with Crippen LogP contribution in [0.15, 0.2) is 22.9 Å².